The minimum atomic E-state index is -0.556. The van der Waals surface area contributed by atoms with E-state index in [1.807, 2.05) is 13.0 Å². The lowest BCUT2D eigenvalue weighted by molar-refractivity contribution is 0.112. The Morgan fingerprint density at radius 3 is 2.75 bits per heavy atom. The summed E-state index contributed by atoms with van der Waals surface area (Å²) in [5, 5.41) is 0. The highest BCUT2D eigenvalue weighted by atomic mass is 19.1. The van der Waals surface area contributed by atoms with Gasteiger partial charge in [-0.3, -0.25) is 4.79 Å². The number of pyridine rings is 1. The zero-order valence-electron chi connectivity index (χ0n) is 8.77. The first-order valence-corrected chi connectivity index (χ1v) is 4.89. The molecule has 0 atom stereocenters. The summed E-state index contributed by atoms with van der Waals surface area (Å²) in [6, 6.07) is 8.56. The molecule has 16 heavy (non-hydrogen) atoms. The monoisotopic (exact) mass is 215 g/mol. The Morgan fingerprint density at radius 2 is 2.06 bits per heavy atom. The number of aromatic nitrogens is 1. The Labute approximate surface area is 92.8 Å². The van der Waals surface area contributed by atoms with Crippen LogP contribution in [0.5, 0.6) is 0 Å². The molecule has 0 aliphatic heterocycles. The minimum Gasteiger partial charge on any atom is -0.298 e. The van der Waals surface area contributed by atoms with Crippen LogP contribution in [0.25, 0.3) is 11.1 Å². The van der Waals surface area contributed by atoms with Gasteiger partial charge in [-0.1, -0.05) is 18.2 Å². The van der Waals surface area contributed by atoms with Crippen molar-refractivity contribution in [3.63, 3.8) is 0 Å². The van der Waals surface area contributed by atoms with E-state index < -0.39 is 5.95 Å². The van der Waals surface area contributed by atoms with Crippen LogP contribution in [0.2, 0.25) is 0 Å². The molecule has 1 aromatic heterocycles. The van der Waals surface area contributed by atoms with Gasteiger partial charge in [0, 0.05) is 17.3 Å². The van der Waals surface area contributed by atoms with Gasteiger partial charge in [-0.25, -0.2) is 4.98 Å². The summed E-state index contributed by atoms with van der Waals surface area (Å²) in [7, 11) is 0. The Kier molecular flexibility index (Phi) is 2.77. The van der Waals surface area contributed by atoms with Crippen LogP contribution in [0.1, 0.15) is 15.9 Å². The molecule has 2 rings (SSSR count). The average Bonchev–Trinajstić information content (AvgIpc) is 2.30. The van der Waals surface area contributed by atoms with Crippen molar-refractivity contribution in [1.82, 2.24) is 4.98 Å². The number of aldehydes is 1. The van der Waals surface area contributed by atoms with E-state index in [2.05, 4.69) is 4.98 Å². The molecule has 2 nitrogen and oxygen atoms in total. The molecule has 0 radical (unpaired) electrons. The minimum absolute atomic E-state index is 0.364. The topological polar surface area (TPSA) is 30.0 Å². The third-order valence-electron chi connectivity index (χ3n) is 2.46. The van der Waals surface area contributed by atoms with Crippen LogP contribution in [0, 0.1) is 12.9 Å². The maximum Gasteiger partial charge on any atom is 0.220 e. The third-order valence-corrected chi connectivity index (χ3v) is 2.46. The summed E-state index contributed by atoms with van der Waals surface area (Å²) in [6.45, 7) is 1.84. The SMILES string of the molecule is Cc1cccc(C=O)c1-c1cccnc1F. The predicted molar refractivity (Wildman–Crippen MR) is 59.8 cm³/mol. The van der Waals surface area contributed by atoms with Gasteiger partial charge in [0.25, 0.3) is 0 Å². The van der Waals surface area contributed by atoms with Crippen molar-refractivity contribution >= 4 is 6.29 Å². The molecule has 0 aliphatic rings. The second-order valence-corrected chi connectivity index (χ2v) is 3.50. The number of rotatable bonds is 2. The van der Waals surface area contributed by atoms with E-state index in [4.69, 9.17) is 0 Å². The van der Waals surface area contributed by atoms with E-state index in [1.165, 1.54) is 6.20 Å². The van der Waals surface area contributed by atoms with Gasteiger partial charge in [-0.15, -0.1) is 0 Å². The number of aryl methyl sites for hydroxylation is 1. The maximum absolute atomic E-state index is 13.5. The Balaban J connectivity index is 2.73. The van der Waals surface area contributed by atoms with E-state index >= 15 is 0 Å². The van der Waals surface area contributed by atoms with Gasteiger partial charge < -0.3 is 0 Å². The van der Waals surface area contributed by atoms with Crippen molar-refractivity contribution < 1.29 is 9.18 Å². The van der Waals surface area contributed by atoms with Crippen molar-refractivity contribution in [2.75, 3.05) is 0 Å². The second-order valence-electron chi connectivity index (χ2n) is 3.50. The number of hydrogen-bond donors (Lipinski definition) is 0. The highest BCUT2D eigenvalue weighted by molar-refractivity contribution is 5.88. The molecule has 0 amide bonds. The van der Waals surface area contributed by atoms with E-state index in [0.717, 1.165) is 11.8 Å². The summed E-state index contributed by atoms with van der Waals surface area (Å²) in [4.78, 5) is 14.5. The molecular weight excluding hydrogens is 205 g/mol. The first-order chi connectivity index (χ1) is 7.74. The Bertz CT molecular complexity index is 537. The molecule has 0 bridgehead atoms. The van der Waals surface area contributed by atoms with E-state index in [0.29, 0.717) is 16.7 Å². The average molecular weight is 215 g/mol. The normalized spacial score (nSPS) is 10.1. The summed E-state index contributed by atoms with van der Waals surface area (Å²) in [5.41, 5.74) is 2.31. The smallest absolute Gasteiger partial charge is 0.220 e. The van der Waals surface area contributed by atoms with Gasteiger partial charge >= 0.3 is 0 Å². The number of benzene rings is 1. The van der Waals surface area contributed by atoms with Crippen LogP contribution >= 0.6 is 0 Å². The van der Waals surface area contributed by atoms with Crippen LogP contribution < -0.4 is 0 Å². The van der Waals surface area contributed by atoms with Crippen molar-refractivity contribution in [2.24, 2.45) is 0 Å². The largest absolute Gasteiger partial charge is 0.298 e. The molecule has 0 saturated carbocycles. The highest BCUT2D eigenvalue weighted by Crippen LogP contribution is 2.27. The zero-order valence-corrected chi connectivity index (χ0v) is 8.77. The lowest BCUT2D eigenvalue weighted by atomic mass is 9.97. The number of carbonyl (C=O) groups is 1. The van der Waals surface area contributed by atoms with Crippen LogP contribution in [0.4, 0.5) is 4.39 Å². The lowest BCUT2D eigenvalue weighted by Crippen LogP contribution is -1.95. The highest BCUT2D eigenvalue weighted by Gasteiger charge is 2.11. The number of carbonyl (C=O) groups excluding carboxylic acids is 1. The van der Waals surface area contributed by atoms with Gasteiger partial charge in [0.15, 0.2) is 6.29 Å². The van der Waals surface area contributed by atoms with Crippen molar-refractivity contribution in [3.05, 3.63) is 53.6 Å². The van der Waals surface area contributed by atoms with E-state index in [1.54, 1.807) is 24.3 Å². The van der Waals surface area contributed by atoms with Gasteiger partial charge in [0.05, 0.1) is 0 Å². The predicted octanol–water partition coefficient (Wildman–Crippen LogP) is 3.01. The Morgan fingerprint density at radius 1 is 1.25 bits per heavy atom. The fourth-order valence-electron chi connectivity index (χ4n) is 1.73. The molecule has 80 valence electrons. The standard InChI is InChI=1S/C13H10FNO/c1-9-4-2-5-10(8-16)12(9)11-6-3-7-15-13(11)14/h2-8H,1H3. The molecule has 0 spiro atoms. The molecule has 1 heterocycles. The molecule has 2 aromatic rings. The second kappa shape index (κ2) is 4.23. The van der Waals surface area contributed by atoms with Crippen LogP contribution in [-0.2, 0) is 0 Å². The van der Waals surface area contributed by atoms with E-state index in [9.17, 15) is 9.18 Å². The summed E-state index contributed by atoms with van der Waals surface area (Å²) in [6.07, 6.45) is 2.12. The molecule has 0 unspecified atom stereocenters. The quantitative estimate of drug-likeness (QED) is 0.569. The zero-order chi connectivity index (χ0) is 11.5. The van der Waals surface area contributed by atoms with Gasteiger partial charge in [-0.05, 0) is 30.2 Å². The van der Waals surface area contributed by atoms with Crippen molar-refractivity contribution in [2.45, 2.75) is 6.92 Å². The third kappa shape index (κ3) is 1.72. The van der Waals surface area contributed by atoms with Gasteiger partial charge in [0.1, 0.15) is 0 Å². The first-order valence-electron chi connectivity index (χ1n) is 4.89. The van der Waals surface area contributed by atoms with Crippen LogP contribution in [-0.4, -0.2) is 11.3 Å². The molecule has 3 heteroatoms. The maximum atomic E-state index is 13.5. The number of halogens is 1. The van der Waals surface area contributed by atoms with Crippen LogP contribution in [0.15, 0.2) is 36.5 Å². The summed E-state index contributed by atoms with van der Waals surface area (Å²) >= 11 is 0. The van der Waals surface area contributed by atoms with Gasteiger partial charge in [0.2, 0.25) is 5.95 Å². The fourth-order valence-corrected chi connectivity index (χ4v) is 1.73. The van der Waals surface area contributed by atoms with E-state index in [-0.39, 0.29) is 0 Å². The number of hydrogen-bond acceptors (Lipinski definition) is 2. The van der Waals surface area contributed by atoms with Crippen LogP contribution in [0.3, 0.4) is 0 Å². The van der Waals surface area contributed by atoms with Crippen molar-refractivity contribution in [3.8, 4) is 11.1 Å². The molecule has 1 aromatic carbocycles. The Hall–Kier alpha value is -2.03. The fraction of sp³-hybridized carbons (Fsp3) is 0.0769. The molecular formula is C13H10FNO. The first kappa shape index (κ1) is 10.5. The molecule has 0 N–H and O–H groups in total. The summed E-state index contributed by atoms with van der Waals surface area (Å²) < 4.78 is 13.5. The molecule has 0 fully saturated rings. The van der Waals surface area contributed by atoms with Gasteiger partial charge in [-0.2, -0.15) is 4.39 Å². The van der Waals surface area contributed by atoms with Crippen molar-refractivity contribution in [1.29, 1.82) is 0 Å². The molecule has 0 aliphatic carbocycles. The molecule has 0 saturated heterocycles. The lowest BCUT2D eigenvalue weighted by Gasteiger charge is -2.08. The number of nitrogens with zero attached hydrogens (tertiary/aromatic N) is 1. The summed E-state index contributed by atoms with van der Waals surface area (Å²) in [5.74, 6) is -0.556.